The lowest BCUT2D eigenvalue weighted by molar-refractivity contribution is -0.138. The Morgan fingerprint density at radius 2 is 1.90 bits per heavy atom. The first-order chi connectivity index (χ1) is 14.7. The van der Waals surface area contributed by atoms with Crippen LogP contribution < -0.4 is 5.32 Å². The molecule has 2 aromatic rings. The molecule has 3 fully saturated rings. The average molecular weight is 411 g/mol. The van der Waals surface area contributed by atoms with Gasteiger partial charge in [-0.3, -0.25) is 9.78 Å². The highest BCUT2D eigenvalue weighted by molar-refractivity contribution is 5.82. The highest BCUT2D eigenvalue weighted by Crippen LogP contribution is 2.34. The number of hydrogen-bond donors (Lipinski definition) is 2. The lowest BCUT2D eigenvalue weighted by Crippen LogP contribution is -2.51. The number of carbonyl (C=O) groups is 2. The van der Waals surface area contributed by atoms with Crippen molar-refractivity contribution < 1.29 is 9.59 Å². The smallest absolute Gasteiger partial charge is 0.317 e. The largest absolute Gasteiger partial charge is 0.339 e. The zero-order valence-corrected chi connectivity index (χ0v) is 17.3. The van der Waals surface area contributed by atoms with Gasteiger partial charge in [0.1, 0.15) is 5.82 Å². The van der Waals surface area contributed by atoms with Crippen molar-refractivity contribution >= 4 is 23.0 Å². The number of aromatic amines is 1. The lowest BCUT2D eigenvalue weighted by Gasteiger charge is -2.35. The Bertz CT molecular complexity index is 888. The summed E-state index contributed by atoms with van der Waals surface area (Å²) >= 11 is 0. The summed E-state index contributed by atoms with van der Waals surface area (Å²) in [5.74, 6) is 0.879. The van der Waals surface area contributed by atoms with E-state index in [1.807, 2.05) is 15.9 Å². The van der Waals surface area contributed by atoms with Crippen molar-refractivity contribution in [3.8, 4) is 0 Å². The second-order valence-electron chi connectivity index (χ2n) is 8.92. The lowest BCUT2D eigenvalue weighted by atomic mass is 9.96. The average Bonchev–Trinajstić information content (AvgIpc) is 3.52. The summed E-state index contributed by atoms with van der Waals surface area (Å²) in [5.41, 5.74) is 1.78. The van der Waals surface area contributed by atoms with Crippen LogP contribution in [0.4, 0.5) is 4.79 Å². The topological polar surface area (TPSA) is 94.2 Å². The molecule has 1 aliphatic carbocycles. The number of aromatic nitrogens is 3. The molecule has 2 aliphatic heterocycles. The minimum atomic E-state index is -0.125. The minimum absolute atomic E-state index is 0.00200. The molecular formula is C22H30N6O2. The summed E-state index contributed by atoms with van der Waals surface area (Å²) in [5, 5.41) is 3.17. The molecular weight excluding hydrogens is 380 g/mol. The Hall–Kier alpha value is -2.64. The van der Waals surface area contributed by atoms with Gasteiger partial charge in [-0.15, -0.1) is 0 Å². The molecule has 0 aromatic carbocycles. The number of fused-ring (bicyclic) bond motifs is 1. The molecule has 30 heavy (non-hydrogen) atoms. The first kappa shape index (κ1) is 19.3. The van der Waals surface area contributed by atoms with Gasteiger partial charge in [-0.05, 0) is 44.6 Å². The fourth-order valence-electron chi connectivity index (χ4n) is 5.28. The highest BCUT2D eigenvalue weighted by Gasteiger charge is 2.38. The number of nitrogens with zero attached hydrogens (tertiary/aromatic N) is 4. The van der Waals surface area contributed by atoms with Crippen LogP contribution in [-0.4, -0.2) is 62.4 Å². The van der Waals surface area contributed by atoms with Gasteiger partial charge in [-0.1, -0.05) is 12.8 Å². The maximum atomic E-state index is 13.4. The van der Waals surface area contributed by atoms with Gasteiger partial charge in [-0.25, -0.2) is 9.78 Å². The van der Waals surface area contributed by atoms with Crippen LogP contribution in [0.25, 0.3) is 11.0 Å². The molecule has 2 aromatic heterocycles. The molecule has 0 spiro atoms. The molecule has 5 rings (SSSR count). The SMILES string of the molecule is O=C(NC1CCCC1)N1CCCC(C(=O)N2CCCC2c2nc3ccncc3[nH]2)C1. The van der Waals surface area contributed by atoms with Crippen LogP contribution in [-0.2, 0) is 4.79 Å². The molecule has 8 heteroatoms. The molecule has 0 radical (unpaired) electrons. The van der Waals surface area contributed by atoms with Crippen LogP contribution in [0.3, 0.4) is 0 Å². The molecule has 2 saturated heterocycles. The number of hydrogen-bond acceptors (Lipinski definition) is 4. The number of imidazole rings is 1. The third-order valence-electron chi connectivity index (χ3n) is 6.89. The standard InChI is InChI=1S/C22H30N6O2/c29-21(15-5-3-11-27(14-15)22(30)24-16-6-1-2-7-16)28-12-4-8-19(28)20-25-17-9-10-23-13-18(17)26-20/h9-10,13,15-16,19H,1-8,11-12,14H2,(H,24,30)(H,25,26). The van der Waals surface area contributed by atoms with E-state index in [-0.39, 0.29) is 23.9 Å². The van der Waals surface area contributed by atoms with Crippen LogP contribution in [0.2, 0.25) is 0 Å². The van der Waals surface area contributed by atoms with E-state index in [9.17, 15) is 9.59 Å². The van der Waals surface area contributed by atoms with Gasteiger partial charge >= 0.3 is 6.03 Å². The molecule has 3 aliphatic rings. The van der Waals surface area contributed by atoms with E-state index in [4.69, 9.17) is 4.98 Å². The summed E-state index contributed by atoms with van der Waals surface area (Å²) < 4.78 is 0. The summed E-state index contributed by atoms with van der Waals surface area (Å²) in [6, 6.07) is 2.17. The number of likely N-dealkylation sites (tertiary alicyclic amines) is 2. The number of nitrogens with one attached hydrogen (secondary N) is 2. The van der Waals surface area contributed by atoms with Gasteiger partial charge < -0.3 is 20.1 Å². The Balaban J connectivity index is 1.26. The van der Waals surface area contributed by atoms with E-state index < -0.39 is 0 Å². The third-order valence-corrected chi connectivity index (χ3v) is 6.89. The van der Waals surface area contributed by atoms with Crippen LogP contribution in [0.15, 0.2) is 18.5 Å². The number of piperidine rings is 1. The van der Waals surface area contributed by atoms with Crippen molar-refractivity contribution in [3.05, 3.63) is 24.3 Å². The van der Waals surface area contributed by atoms with Gasteiger partial charge in [0, 0.05) is 31.9 Å². The predicted molar refractivity (Wildman–Crippen MR) is 113 cm³/mol. The molecule has 1 saturated carbocycles. The Morgan fingerprint density at radius 3 is 2.73 bits per heavy atom. The van der Waals surface area contributed by atoms with Crippen molar-refractivity contribution in [2.75, 3.05) is 19.6 Å². The van der Waals surface area contributed by atoms with E-state index in [2.05, 4.69) is 15.3 Å². The van der Waals surface area contributed by atoms with E-state index in [0.29, 0.717) is 12.6 Å². The van der Waals surface area contributed by atoms with Crippen LogP contribution in [0.5, 0.6) is 0 Å². The monoisotopic (exact) mass is 410 g/mol. The van der Waals surface area contributed by atoms with E-state index in [1.54, 1.807) is 12.4 Å². The fraction of sp³-hybridized carbons (Fsp3) is 0.636. The molecule has 2 N–H and O–H groups in total. The molecule has 160 valence electrons. The van der Waals surface area contributed by atoms with Crippen LogP contribution in [0, 0.1) is 5.92 Å². The summed E-state index contributed by atoms with van der Waals surface area (Å²) in [7, 11) is 0. The molecule has 0 bridgehead atoms. The van der Waals surface area contributed by atoms with Crippen molar-refractivity contribution in [2.45, 2.75) is 63.5 Å². The molecule has 2 atom stereocenters. The highest BCUT2D eigenvalue weighted by atomic mass is 16.2. The molecule has 3 amide bonds. The van der Waals surface area contributed by atoms with Crippen LogP contribution >= 0.6 is 0 Å². The van der Waals surface area contributed by atoms with E-state index in [1.165, 1.54) is 12.8 Å². The molecule has 8 nitrogen and oxygen atoms in total. The molecule has 2 unspecified atom stereocenters. The second kappa shape index (κ2) is 8.24. The Morgan fingerprint density at radius 1 is 1.07 bits per heavy atom. The number of carbonyl (C=O) groups excluding carboxylic acids is 2. The van der Waals surface area contributed by atoms with E-state index in [0.717, 1.165) is 68.5 Å². The fourth-order valence-corrected chi connectivity index (χ4v) is 5.28. The molecule has 4 heterocycles. The van der Waals surface area contributed by atoms with Gasteiger partial charge in [0.25, 0.3) is 0 Å². The number of pyridine rings is 1. The van der Waals surface area contributed by atoms with Crippen molar-refractivity contribution in [1.82, 2.24) is 30.1 Å². The number of H-pyrrole nitrogens is 1. The van der Waals surface area contributed by atoms with Crippen molar-refractivity contribution in [2.24, 2.45) is 5.92 Å². The maximum Gasteiger partial charge on any atom is 0.317 e. The predicted octanol–water partition coefficient (Wildman–Crippen LogP) is 2.99. The second-order valence-corrected chi connectivity index (χ2v) is 8.92. The summed E-state index contributed by atoms with van der Waals surface area (Å²) in [6.07, 6.45) is 11.7. The van der Waals surface area contributed by atoms with Crippen LogP contribution in [0.1, 0.15) is 63.2 Å². The zero-order valence-electron chi connectivity index (χ0n) is 17.3. The zero-order chi connectivity index (χ0) is 20.5. The summed E-state index contributed by atoms with van der Waals surface area (Å²) in [4.78, 5) is 42.2. The van der Waals surface area contributed by atoms with Gasteiger partial charge in [0.05, 0.1) is 29.2 Å². The maximum absolute atomic E-state index is 13.4. The van der Waals surface area contributed by atoms with Gasteiger partial charge in [0.2, 0.25) is 5.91 Å². The number of rotatable bonds is 3. The quantitative estimate of drug-likeness (QED) is 0.813. The Labute approximate surface area is 176 Å². The Kier molecular flexibility index (Phi) is 5.31. The summed E-state index contributed by atoms with van der Waals surface area (Å²) in [6.45, 7) is 2.01. The van der Waals surface area contributed by atoms with Gasteiger partial charge in [0.15, 0.2) is 0 Å². The minimum Gasteiger partial charge on any atom is -0.339 e. The number of amides is 3. The van der Waals surface area contributed by atoms with Gasteiger partial charge in [-0.2, -0.15) is 0 Å². The van der Waals surface area contributed by atoms with E-state index >= 15 is 0 Å². The first-order valence-electron chi connectivity index (χ1n) is 11.3. The normalized spacial score (nSPS) is 25.2. The first-order valence-corrected chi connectivity index (χ1v) is 11.3. The van der Waals surface area contributed by atoms with Crippen molar-refractivity contribution in [3.63, 3.8) is 0 Å². The third kappa shape index (κ3) is 3.75. The van der Waals surface area contributed by atoms with Crippen molar-refractivity contribution in [1.29, 1.82) is 0 Å². The number of urea groups is 1.